The van der Waals surface area contributed by atoms with Gasteiger partial charge in [-0.15, -0.1) is 5.10 Å². The van der Waals surface area contributed by atoms with Gasteiger partial charge in [0.05, 0.1) is 6.61 Å². The predicted molar refractivity (Wildman–Crippen MR) is 72.9 cm³/mol. The van der Waals surface area contributed by atoms with Gasteiger partial charge in [0, 0.05) is 26.2 Å². The third-order valence-corrected chi connectivity index (χ3v) is 3.34. The van der Waals surface area contributed by atoms with Crippen LogP contribution in [0, 0.1) is 0 Å². The molecule has 2 N–H and O–H groups in total. The minimum absolute atomic E-state index is 0.00433. The SMILES string of the molecule is CCOC(=O)N1CCC(NC(=O)c2nn(C)c(=O)[nH]2)CC1. The molecule has 0 saturated carbocycles. The largest absolute Gasteiger partial charge is 0.450 e. The number of amides is 2. The Morgan fingerprint density at radius 2 is 2.10 bits per heavy atom. The lowest BCUT2D eigenvalue weighted by Gasteiger charge is -2.31. The number of likely N-dealkylation sites (tertiary alicyclic amines) is 1. The molecule has 2 amide bonds. The minimum atomic E-state index is -0.433. The van der Waals surface area contributed by atoms with Gasteiger partial charge in [0.2, 0.25) is 5.82 Å². The smallest absolute Gasteiger partial charge is 0.409 e. The standard InChI is InChI=1S/C12H19N5O4/c1-3-21-12(20)17-6-4-8(5-7-17)13-10(18)9-14-11(19)16(2)15-9/h8H,3-7H2,1-2H3,(H,13,18)(H,14,15,19). The van der Waals surface area contributed by atoms with Crippen LogP contribution in [-0.4, -0.2) is 57.4 Å². The summed E-state index contributed by atoms with van der Waals surface area (Å²) in [5.41, 5.74) is -0.433. The molecule has 9 nitrogen and oxygen atoms in total. The molecule has 2 heterocycles. The van der Waals surface area contributed by atoms with Gasteiger partial charge >= 0.3 is 11.8 Å². The molecule has 0 unspecified atom stereocenters. The molecular formula is C12H19N5O4. The van der Waals surface area contributed by atoms with Gasteiger partial charge in [-0.2, -0.15) is 0 Å². The lowest BCUT2D eigenvalue weighted by molar-refractivity contribution is 0.0852. The number of carbonyl (C=O) groups excluding carboxylic acids is 2. The Balaban J connectivity index is 1.84. The summed E-state index contributed by atoms with van der Waals surface area (Å²) in [7, 11) is 1.47. The molecule has 0 atom stereocenters. The van der Waals surface area contributed by atoms with Gasteiger partial charge in [0.15, 0.2) is 0 Å². The zero-order valence-corrected chi connectivity index (χ0v) is 12.1. The summed E-state index contributed by atoms with van der Waals surface area (Å²) < 4.78 is 6.00. The summed E-state index contributed by atoms with van der Waals surface area (Å²) in [6.45, 7) is 3.17. The van der Waals surface area contributed by atoms with E-state index in [4.69, 9.17) is 4.74 Å². The zero-order chi connectivity index (χ0) is 15.4. The number of piperidine rings is 1. The molecule has 2 rings (SSSR count). The first-order valence-electron chi connectivity index (χ1n) is 6.87. The van der Waals surface area contributed by atoms with E-state index in [1.165, 1.54) is 7.05 Å². The number of aromatic amines is 1. The Bertz CT molecular complexity index is 570. The van der Waals surface area contributed by atoms with Gasteiger partial charge in [-0.3, -0.25) is 9.78 Å². The second kappa shape index (κ2) is 6.42. The van der Waals surface area contributed by atoms with Crippen molar-refractivity contribution in [1.82, 2.24) is 25.0 Å². The monoisotopic (exact) mass is 297 g/mol. The molecule has 0 aliphatic carbocycles. The van der Waals surface area contributed by atoms with E-state index in [2.05, 4.69) is 15.4 Å². The van der Waals surface area contributed by atoms with Gasteiger partial charge in [0.25, 0.3) is 5.91 Å². The number of hydrogen-bond acceptors (Lipinski definition) is 5. The van der Waals surface area contributed by atoms with Gasteiger partial charge in [-0.25, -0.2) is 14.3 Å². The highest BCUT2D eigenvalue weighted by Gasteiger charge is 2.25. The summed E-state index contributed by atoms with van der Waals surface area (Å²) in [6.07, 6.45) is 0.958. The van der Waals surface area contributed by atoms with Crippen LogP contribution in [0.1, 0.15) is 30.4 Å². The molecule has 0 aromatic carbocycles. The first-order chi connectivity index (χ1) is 10.0. The van der Waals surface area contributed by atoms with Crippen LogP contribution in [0.2, 0.25) is 0 Å². The maximum absolute atomic E-state index is 11.9. The number of H-pyrrole nitrogens is 1. The number of aryl methyl sites for hydroxylation is 1. The van der Waals surface area contributed by atoms with E-state index in [-0.39, 0.29) is 18.0 Å². The van der Waals surface area contributed by atoms with Crippen LogP contribution in [0.3, 0.4) is 0 Å². The summed E-state index contributed by atoms with van der Waals surface area (Å²) in [6, 6.07) is -0.0475. The van der Waals surface area contributed by atoms with Crippen molar-refractivity contribution in [2.75, 3.05) is 19.7 Å². The minimum Gasteiger partial charge on any atom is -0.450 e. The van der Waals surface area contributed by atoms with Crippen molar-refractivity contribution in [3.63, 3.8) is 0 Å². The Kier molecular flexibility index (Phi) is 4.61. The van der Waals surface area contributed by atoms with E-state index in [0.717, 1.165) is 4.68 Å². The molecule has 1 fully saturated rings. The number of nitrogens with zero attached hydrogens (tertiary/aromatic N) is 3. The third-order valence-electron chi connectivity index (χ3n) is 3.34. The second-order valence-corrected chi connectivity index (χ2v) is 4.84. The zero-order valence-electron chi connectivity index (χ0n) is 12.1. The topological polar surface area (TPSA) is 109 Å². The molecule has 1 aliphatic rings. The number of ether oxygens (including phenoxy) is 1. The van der Waals surface area contributed by atoms with Gasteiger partial charge in [0.1, 0.15) is 0 Å². The maximum Gasteiger partial charge on any atom is 0.409 e. The number of rotatable bonds is 3. The molecule has 1 saturated heterocycles. The van der Waals surface area contributed by atoms with Crippen LogP contribution < -0.4 is 11.0 Å². The first-order valence-corrected chi connectivity index (χ1v) is 6.87. The van der Waals surface area contributed by atoms with Crippen LogP contribution in [0.5, 0.6) is 0 Å². The van der Waals surface area contributed by atoms with Crippen molar-refractivity contribution in [2.24, 2.45) is 7.05 Å². The molecular weight excluding hydrogens is 278 g/mol. The Labute approximate surface area is 121 Å². The Morgan fingerprint density at radius 3 is 2.62 bits per heavy atom. The van der Waals surface area contributed by atoms with Crippen LogP contribution in [-0.2, 0) is 11.8 Å². The van der Waals surface area contributed by atoms with Crippen molar-refractivity contribution in [1.29, 1.82) is 0 Å². The van der Waals surface area contributed by atoms with E-state index >= 15 is 0 Å². The normalized spacial score (nSPS) is 15.8. The Hall–Kier alpha value is -2.32. The summed E-state index contributed by atoms with van der Waals surface area (Å²) in [5, 5.41) is 6.60. The number of aromatic nitrogens is 3. The van der Waals surface area contributed by atoms with Crippen molar-refractivity contribution in [3.05, 3.63) is 16.3 Å². The molecule has 116 valence electrons. The highest BCUT2D eigenvalue weighted by atomic mass is 16.6. The van der Waals surface area contributed by atoms with E-state index in [0.29, 0.717) is 32.5 Å². The van der Waals surface area contributed by atoms with Crippen molar-refractivity contribution < 1.29 is 14.3 Å². The third kappa shape index (κ3) is 3.61. The average molecular weight is 297 g/mol. The van der Waals surface area contributed by atoms with E-state index in [1.807, 2.05) is 0 Å². The molecule has 1 aromatic rings. The fraction of sp³-hybridized carbons (Fsp3) is 0.667. The highest BCUT2D eigenvalue weighted by Crippen LogP contribution is 2.11. The number of nitrogens with one attached hydrogen (secondary N) is 2. The van der Waals surface area contributed by atoms with Crippen LogP contribution in [0.15, 0.2) is 4.79 Å². The highest BCUT2D eigenvalue weighted by molar-refractivity contribution is 5.90. The molecule has 1 aromatic heterocycles. The van der Waals surface area contributed by atoms with Crippen LogP contribution in [0.4, 0.5) is 4.79 Å². The summed E-state index contributed by atoms with van der Waals surface area (Å²) in [5.74, 6) is -0.419. The van der Waals surface area contributed by atoms with Crippen LogP contribution >= 0.6 is 0 Å². The second-order valence-electron chi connectivity index (χ2n) is 4.84. The van der Waals surface area contributed by atoms with Crippen LogP contribution in [0.25, 0.3) is 0 Å². The quantitative estimate of drug-likeness (QED) is 0.778. The number of carbonyl (C=O) groups is 2. The lowest BCUT2D eigenvalue weighted by atomic mass is 10.1. The summed E-state index contributed by atoms with van der Waals surface area (Å²) >= 11 is 0. The van der Waals surface area contributed by atoms with E-state index < -0.39 is 11.6 Å². The fourth-order valence-corrected chi connectivity index (χ4v) is 2.18. The molecule has 0 spiro atoms. The van der Waals surface area contributed by atoms with E-state index in [9.17, 15) is 14.4 Å². The lowest BCUT2D eigenvalue weighted by Crippen LogP contribution is -2.46. The van der Waals surface area contributed by atoms with Crippen molar-refractivity contribution >= 4 is 12.0 Å². The first kappa shape index (κ1) is 15.1. The number of hydrogen-bond donors (Lipinski definition) is 2. The van der Waals surface area contributed by atoms with Gasteiger partial charge < -0.3 is 15.0 Å². The molecule has 21 heavy (non-hydrogen) atoms. The molecule has 0 bridgehead atoms. The Morgan fingerprint density at radius 1 is 1.43 bits per heavy atom. The van der Waals surface area contributed by atoms with E-state index in [1.54, 1.807) is 11.8 Å². The average Bonchev–Trinajstić information content (AvgIpc) is 2.80. The van der Waals surface area contributed by atoms with Gasteiger partial charge in [-0.05, 0) is 19.8 Å². The fourth-order valence-electron chi connectivity index (χ4n) is 2.18. The van der Waals surface area contributed by atoms with Crippen molar-refractivity contribution in [2.45, 2.75) is 25.8 Å². The molecule has 0 radical (unpaired) electrons. The predicted octanol–water partition coefficient (Wildman–Crippen LogP) is -0.541. The van der Waals surface area contributed by atoms with Crippen molar-refractivity contribution in [3.8, 4) is 0 Å². The van der Waals surface area contributed by atoms with Gasteiger partial charge in [-0.1, -0.05) is 0 Å². The summed E-state index contributed by atoms with van der Waals surface area (Å²) in [4.78, 5) is 38.7. The molecule has 9 heteroatoms. The molecule has 1 aliphatic heterocycles. The maximum atomic E-state index is 11.9.